The van der Waals surface area contributed by atoms with Gasteiger partial charge in [0.1, 0.15) is 0 Å². The Morgan fingerprint density at radius 1 is 1.24 bits per heavy atom. The monoisotopic (exact) mass is 351 g/mol. The predicted octanol–water partition coefficient (Wildman–Crippen LogP) is 3.23. The molecule has 1 N–H and O–H groups in total. The smallest absolute Gasteiger partial charge is 0.0423 e. The van der Waals surface area contributed by atoms with Gasteiger partial charge in [-0.15, -0.1) is 0 Å². The number of hydrogen-bond acceptors (Lipinski definition) is 3. The second kappa shape index (κ2) is 7.12. The zero-order chi connectivity index (χ0) is 14.7. The Bertz CT molecular complexity index is 471. The van der Waals surface area contributed by atoms with Crippen LogP contribution < -0.4 is 10.2 Å². The molecule has 2 aliphatic rings. The molecule has 1 unspecified atom stereocenters. The molecular formula is C17H26BrN3. The van der Waals surface area contributed by atoms with E-state index in [0.717, 1.165) is 19.1 Å². The van der Waals surface area contributed by atoms with E-state index in [0.29, 0.717) is 0 Å². The van der Waals surface area contributed by atoms with Crippen LogP contribution in [0.2, 0.25) is 0 Å². The second-order valence-electron chi connectivity index (χ2n) is 6.18. The number of nitrogens with zero attached hydrogens (tertiary/aromatic N) is 2. The van der Waals surface area contributed by atoms with Crippen molar-refractivity contribution in [3.05, 3.63) is 28.2 Å². The molecule has 4 heteroatoms. The fourth-order valence-corrected chi connectivity index (χ4v) is 3.95. The van der Waals surface area contributed by atoms with Crippen molar-refractivity contribution in [1.29, 1.82) is 0 Å². The largest absolute Gasteiger partial charge is 0.370 e. The fraction of sp³-hybridized carbons (Fsp3) is 0.647. The topological polar surface area (TPSA) is 18.5 Å². The third-order valence-corrected chi connectivity index (χ3v) is 5.27. The van der Waals surface area contributed by atoms with Gasteiger partial charge in [0.2, 0.25) is 0 Å². The highest BCUT2D eigenvalue weighted by atomic mass is 79.9. The van der Waals surface area contributed by atoms with Crippen molar-refractivity contribution < 1.29 is 0 Å². The summed E-state index contributed by atoms with van der Waals surface area (Å²) in [4.78, 5) is 5.28. The molecule has 3 nitrogen and oxygen atoms in total. The van der Waals surface area contributed by atoms with E-state index in [1.165, 1.54) is 61.2 Å². The van der Waals surface area contributed by atoms with Gasteiger partial charge in [-0.25, -0.2) is 0 Å². The first-order valence-corrected chi connectivity index (χ1v) is 9.05. The molecule has 0 aliphatic carbocycles. The summed E-state index contributed by atoms with van der Waals surface area (Å²) >= 11 is 3.64. The molecule has 116 valence electrons. The van der Waals surface area contributed by atoms with Crippen LogP contribution in [0.3, 0.4) is 0 Å². The summed E-state index contributed by atoms with van der Waals surface area (Å²) in [5, 5.41) is 3.46. The molecule has 0 amide bonds. The van der Waals surface area contributed by atoms with E-state index in [2.05, 4.69) is 56.2 Å². The van der Waals surface area contributed by atoms with Crippen LogP contribution in [0.25, 0.3) is 0 Å². The van der Waals surface area contributed by atoms with Gasteiger partial charge in [0.15, 0.2) is 0 Å². The van der Waals surface area contributed by atoms with Crippen LogP contribution in [-0.4, -0.2) is 43.7 Å². The molecule has 1 atom stereocenters. The Morgan fingerprint density at radius 2 is 2.05 bits per heavy atom. The van der Waals surface area contributed by atoms with Crippen molar-refractivity contribution in [2.45, 2.75) is 38.8 Å². The van der Waals surface area contributed by atoms with Gasteiger partial charge in [0.25, 0.3) is 0 Å². The first-order valence-electron chi connectivity index (χ1n) is 8.26. The number of hydrogen-bond donors (Lipinski definition) is 1. The van der Waals surface area contributed by atoms with E-state index in [9.17, 15) is 0 Å². The van der Waals surface area contributed by atoms with E-state index >= 15 is 0 Å². The maximum atomic E-state index is 3.64. The first kappa shape index (κ1) is 15.3. The van der Waals surface area contributed by atoms with Gasteiger partial charge in [0, 0.05) is 35.8 Å². The number of halogens is 1. The van der Waals surface area contributed by atoms with Crippen LogP contribution in [-0.2, 0) is 6.54 Å². The van der Waals surface area contributed by atoms with Crippen LogP contribution in [0.4, 0.5) is 5.69 Å². The Morgan fingerprint density at radius 3 is 2.81 bits per heavy atom. The van der Waals surface area contributed by atoms with Crippen molar-refractivity contribution in [2.24, 2.45) is 0 Å². The molecule has 0 spiro atoms. The van der Waals surface area contributed by atoms with Gasteiger partial charge in [0.05, 0.1) is 0 Å². The number of benzene rings is 1. The zero-order valence-electron chi connectivity index (χ0n) is 12.9. The predicted molar refractivity (Wildman–Crippen MR) is 92.9 cm³/mol. The Kier molecular flexibility index (Phi) is 5.19. The minimum Gasteiger partial charge on any atom is -0.370 e. The number of anilines is 1. The summed E-state index contributed by atoms with van der Waals surface area (Å²) in [6, 6.07) is 7.47. The molecule has 2 saturated heterocycles. The van der Waals surface area contributed by atoms with Gasteiger partial charge < -0.3 is 10.2 Å². The van der Waals surface area contributed by atoms with Crippen molar-refractivity contribution in [3.63, 3.8) is 0 Å². The summed E-state index contributed by atoms with van der Waals surface area (Å²) < 4.78 is 1.18. The van der Waals surface area contributed by atoms with Gasteiger partial charge >= 0.3 is 0 Å². The van der Waals surface area contributed by atoms with Gasteiger partial charge in [-0.05, 0) is 56.6 Å². The Hall–Kier alpha value is -0.580. The molecular weight excluding hydrogens is 326 g/mol. The molecule has 0 bridgehead atoms. The fourth-order valence-electron chi connectivity index (χ4n) is 3.61. The molecule has 21 heavy (non-hydrogen) atoms. The second-order valence-corrected chi connectivity index (χ2v) is 7.10. The molecule has 3 rings (SSSR count). The molecule has 0 saturated carbocycles. The molecule has 2 heterocycles. The number of rotatable bonds is 5. The first-order chi connectivity index (χ1) is 10.3. The normalized spacial score (nSPS) is 23.1. The van der Waals surface area contributed by atoms with Crippen LogP contribution in [0.15, 0.2) is 22.7 Å². The molecule has 0 aromatic heterocycles. The van der Waals surface area contributed by atoms with Crippen molar-refractivity contribution in [1.82, 2.24) is 10.2 Å². The van der Waals surface area contributed by atoms with Crippen LogP contribution in [0, 0.1) is 0 Å². The van der Waals surface area contributed by atoms with Crippen LogP contribution in [0.1, 0.15) is 31.7 Å². The number of nitrogens with one attached hydrogen (secondary N) is 1. The third-order valence-electron chi connectivity index (χ3n) is 4.77. The molecule has 1 aromatic rings. The summed E-state index contributed by atoms with van der Waals surface area (Å²) in [6.07, 6.45) is 4.09. The Balaban J connectivity index is 1.72. The molecule has 1 aromatic carbocycles. The van der Waals surface area contributed by atoms with Crippen LogP contribution in [0.5, 0.6) is 0 Å². The lowest BCUT2D eigenvalue weighted by Gasteiger charge is -2.26. The maximum Gasteiger partial charge on any atom is 0.0423 e. The van der Waals surface area contributed by atoms with Crippen molar-refractivity contribution in [2.75, 3.05) is 37.6 Å². The highest BCUT2D eigenvalue weighted by Crippen LogP contribution is 2.30. The molecule has 2 aliphatic heterocycles. The highest BCUT2D eigenvalue weighted by Gasteiger charge is 2.30. The lowest BCUT2D eigenvalue weighted by atomic mass is 10.1. The summed E-state index contributed by atoms with van der Waals surface area (Å²) in [6.45, 7) is 9.14. The highest BCUT2D eigenvalue weighted by molar-refractivity contribution is 9.10. The lowest BCUT2D eigenvalue weighted by Crippen LogP contribution is -2.35. The lowest BCUT2D eigenvalue weighted by molar-refractivity contribution is 0.260. The minimum absolute atomic E-state index is 0.762. The quantitative estimate of drug-likeness (QED) is 0.878. The summed E-state index contributed by atoms with van der Waals surface area (Å²) in [5.41, 5.74) is 2.83. The maximum absolute atomic E-state index is 3.64. The number of likely N-dealkylation sites (tertiary alicyclic amines) is 1. The average molecular weight is 352 g/mol. The van der Waals surface area contributed by atoms with Crippen molar-refractivity contribution >= 4 is 21.6 Å². The standard InChI is InChI=1S/C17H26BrN3/c1-2-19-12-14-5-6-15(18)11-17(14)21-10-7-16(13-21)20-8-3-4-9-20/h5-6,11,16,19H,2-4,7-10,12-13H2,1H3. The van der Waals surface area contributed by atoms with Crippen molar-refractivity contribution in [3.8, 4) is 0 Å². The van der Waals surface area contributed by atoms with Crippen LogP contribution >= 0.6 is 15.9 Å². The van der Waals surface area contributed by atoms with E-state index < -0.39 is 0 Å². The molecule has 0 radical (unpaired) electrons. The molecule has 2 fully saturated rings. The van der Waals surface area contributed by atoms with Gasteiger partial charge in [-0.1, -0.05) is 28.9 Å². The van der Waals surface area contributed by atoms with E-state index in [-0.39, 0.29) is 0 Å². The van der Waals surface area contributed by atoms with Gasteiger partial charge in [-0.2, -0.15) is 0 Å². The summed E-state index contributed by atoms with van der Waals surface area (Å²) in [5.74, 6) is 0. The minimum atomic E-state index is 0.762. The average Bonchev–Trinajstić information content (AvgIpc) is 3.16. The van der Waals surface area contributed by atoms with Gasteiger partial charge in [-0.3, -0.25) is 4.90 Å². The SMILES string of the molecule is CCNCc1ccc(Br)cc1N1CCC(N2CCCC2)C1. The van der Waals surface area contributed by atoms with E-state index in [1.54, 1.807) is 0 Å². The third kappa shape index (κ3) is 3.61. The Labute approximate surface area is 136 Å². The van der Waals surface area contributed by atoms with E-state index in [4.69, 9.17) is 0 Å². The van der Waals surface area contributed by atoms with E-state index in [1.807, 2.05) is 0 Å². The zero-order valence-corrected chi connectivity index (χ0v) is 14.5. The summed E-state index contributed by atoms with van der Waals surface area (Å²) in [7, 11) is 0.